The number of urea groups is 1. The van der Waals surface area contributed by atoms with E-state index in [-0.39, 0.29) is 23.5 Å². The van der Waals surface area contributed by atoms with Gasteiger partial charge in [-0.25, -0.2) is 9.59 Å². The molecule has 0 unspecified atom stereocenters. The fourth-order valence-electron chi connectivity index (χ4n) is 5.06. The number of carbonyl (C=O) groups excluding carboxylic acids is 3. The zero-order chi connectivity index (χ0) is 26.9. The van der Waals surface area contributed by atoms with E-state index >= 15 is 0 Å². The summed E-state index contributed by atoms with van der Waals surface area (Å²) in [6.07, 6.45) is 0.415. The zero-order valence-electron chi connectivity index (χ0n) is 20.8. The molecule has 0 spiro atoms. The first-order valence-electron chi connectivity index (χ1n) is 11.6. The number of phenols is 1. The minimum Gasteiger partial charge on any atom is -0.507 e. The quantitative estimate of drug-likeness (QED) is 0.206. The maximum Gasteiger partial charge on any atom is 0.342 e. The molecule has 1 aliphatic carbocycles. The highest BCUT2D eigenvalue weighted by Gasteiger charge is 2.72. The van der Waals surface area contributed by atoms with Crippen LogP contribution in [0.5, 0.6) is 5.75 Å². The normalized spacial score (nSPS) is 28.3. The summed E-state index contributed by atoms with van der Waals surface area (Å²) in [7, 11) is 0. The summed E-state index contributed by atoms with van der Waals surface area (Å²) in [5.41, 5.74) is 2.75. The van der Waals surface area contributed by atoms with Crippen molar-refractivity contribution in [3.63, 3.8) is 0 Å². The molecule has 1 heterocycles. The molecule has 1 saturated heterocycles. The van der Waals surface area contributed by atoms with E-state index in [4.69, 9.17) is 10.5 Å². The number of nitrogen functional groups attached to an aromatic ring is 1. The van der Waals surface area contributed by atoms with Gasteiger partial charge in [-0.3, -0.25) is 4.79 Å². The largest absolute Gasteiger partial charge is 0.507 e. The summed E-state index contributed by atoms with van der Waals surface area (Å²) in [6.45, 7) is 5.95. The number of rotatable bonds is 5. The van der Waals surface area contributed by atoms with Gasteiger partial charge in [-0.1, -0.05) is 31.2 Å². The van der Waals surface area contributed by atoms with Crippen LogP contribution in [0.4, 0.5) is 10.5 Å². The van der Waals surface area contributed by atoms with E-state index in [1.807, 2.05) is 0 Å². The number of aromatic hydroxyl groups is 1. The Bertz CT molecular complexity index is 1160. The highest BCUT2D eigenvalue weighted by Crippen LogP contribution is 2.50. The van der Waals surface area contributed by atoms with Crippen molar-refractivity contribution >= 4 is 23.5 Å². The van der Waals surface area contributed by atoms with Crippen LogP contribution in [-0.2, 0) is 4.74 Å². The molecule has 10 heteroatoms. The Morgan fingerprint density at radius 2 is 1.86 bits per heavy atom. The first kappa shape index (κ1) is 27.0. The van der Waals surface area contributed by atoms with Crippen LogP contribution in [0, 0.1) is 6.92 Å². The predicted octanol–water partition coefficient (Wildman–Crippen LogP) is 2.04. The molecule has 4 rings (SSSR count). The van der Waals surface area contributed by atoms with Crippen molar-refractivity contribution in [2.45, 2.75) is 63.3 Å². The van der Waals surface area contributed by atoms with Crippen molar-refractivity contribution in [3.05, 3.63) is 59.2 Å². The van der Waals surface area contributed by atoms with Crippen molar-refractivity contribution in [3.8, 4) is 5.75 Å². The maximum absolute atomic E-state index is 12.4. The van der Waals surface area contributed by atoms with E-state index < -0.39 is 41.4 Å². The minimum absolute atomic E-state index is 0.0190. The Labute approximate surface area is 209 Å². The van der Waals surface area contributed by atoms with Crippen LogP contribution < -0.4 is 16.4 Å². The van der Waals surface area contributed by atoms with Crippen molar-refractivity contribution in [2.24, 2.45) is 0 Å². The molecule has 10 nitrogen and oxygen atoms in total. The molecule has 2 aliphatic rings. The number of hydrogen-bond donors (Lipinski definition) is 6. The number of anilines is 1. The summed E-state index contributed by atoms with van der Waals surface area (Å²) in [4.78, 5) is 34.8. The van der Waals surface area contributed by atoms with E-state index in [0.717, 1.165) is 0 Å². The van der Waals surface area contributed by atoms with Crippen LogP contribution in [0.3, 0.4) is 0 Å². The Morgan fingerprint density at radius 3 is 2.39 bits per heavy atom. The number of Topliss-reactive ketones (excluding diaryl/α,β-unsaturated/α-hetero) is 1. The molecule has 2 aromatic carbocycles. The Morgan fingerprint density at radius 1 is 1.19 bits per heavy atom. The average Bonchev–Trinajstić information content (AvgIpc) is 3.20. The van der Waals surface area contributed by atoms with Crippen molar-refractivity contribution in [1.82, 2.24) is 10.6 Å². The summed E-state index contributed by atoms with van der Waals surface area (Å²) < 4.78 is 5.24. The molecule has 1 aliphatic heterocycles. The Kier molecular flexibility index (Phi) is 7.33. The van der Waals surface area contributed by atoms with E-state index in [1.54, 1.807) is 50.2 Å². The van der Waals surface area contributed by atoms with E-state index in [2.05, 4.69) is 10.6 Å². The third-order valence-corrected chi connectivity index (χ3v) is 7.30. The van der Waals surface area contributed by atoms with Crippen LogP contribution >= 0.6 is 0 Å². The number of fused-ring (bicyclic) bond motifs is 1. The lowest BCUT2D eigenvalue weighted by Crippen LogP contribution is -2.67. The highest BCUT2D eigenvalue weighted by molar-refractivity contribution is 5.95. The molecule has 7 N–H and O–H groups in total. The van der Waals surface area contributed by atoms with Gasteiger partial charge in [0.15, 0.2) is 5.78 Å². The molecule has 0 radical (unpaired) electrons. The second kappa shape index (κ2) is 9.79. The van der Waals surface area contributed by atoms with Crippen LogP contribution in [-0.4, -0.2) is 62.5 Å². The molecular formula is C26H33N3O7. The van der Waals surface area contributed by atoms with Gasteiger partial charge >= 0.3 is 12.0 Å². The first-order valence-corrected chi connectivity index (χ1v) is 11.6. The number of carbonyl (C=O) groups is 3. The second-order valence-corrected chi connectivity index (χ2v) is 9.51. The molecule has 36 heavy (non-hydrogen) atoms. The van der Waals surface area contributed by atoms with Crippen LogP contribution in [0.1, 0.15) is 59.9 Å². The van der Waals surface area contributed by atoms with E-state index in [9.17, 15) is 29.7 Å². The number of ketones is 1. The van der Waals surface area contributed by atoms with E-state index in [0.29, 0.717) is 23.2 Å². The highest BCUT2D eigenvalue weighted by atomic mass is 16.5. The lowest BCUT2D eigenvalue weighted by atomic mass is 9.75. The van der Waals surface area contributed by atoms with Crippen LogP contribution in [0.25, 0.3) is 0 Å². The van der Waals surface area contributed by atoms with Gasteiger partial charge in [-0.2, -0.15) is 0 Å². The molecule has 2 amide bonds. The van der Waals surface area contributed by atoms with Gasteiger partial charge in [0.05, 0.1) is 11.6 Å². The van der Waals surface area contributed by atoms with Crippen LogP contribution in [0.15, 0.2) is 42.5 Å². The number of nitrogens with one attached hydrogen (secondary N) is 2. The van der Waals surface area contributed by atoms with Gasteiger partial charge in [-0.15, -0.1) is 0 Å². The number of hydrogen-bond acceptors (Lipinski definition) is 8. The van der Waals surface area contributed by atoms with Crippen LogP contribution in [0.2, 0.25) is 0 Å². The number of amides is 2. The molecule has 0 aromatic heterocycles. The fraction of sp³-hybridized carbons (Fsp3) is 0.423. The Hall–Kier alpha value is -3.63. The SMILES string of the molecule is CC(=O)c1cccc(N)c1.CC[C@]12NC(=O)N[C@H]1C[C@](O)(COC(=O)c1c(C)cccc1O)[C@]2(C)O. The lowest BCUT2D eigenvalue weighted by Gasteiger charge is -2.44. The lowest BCUT2D eigenvalue weighted by molar-refractivity contribution is -0.168. The van der Waals surface area contributed by atoms with Crippen molar-refractivity contribution in [2.75, 3.05) is 12.3 Å². The molecule has 2 fully saturated rings. The Balaban J connectivity index is 0.000000303. The number of ether oxygens (including phenoxy) is 1. The third kappa shape index (κ3) is 4.61. The van der Waals surface area contributed by atoms with Crippen molar-refractivity contribution in [1.29, 1.82) is 0 Å². The monoisotopic (exact) mass is 499 g/mol. The maximum atomic E-state index is 12.4. The van der Waals surface area contributed by atoms with Gasteiger partial charge in [0.25, 0.3) is 0 Å². The summed E-state index contributed by atoms with van der Waals surface area (Å²) in [5, 5.41) is 37.5. The number of benzene rings is 2. The van der Waals surface area contributed by atoms with Gasteiger partial charge < -0.3 is 36.4 Å². The number of esters is 1. The van der Waals surface area contributed by atoms with E-state index in [1.165, 1.54) is 19.9 Å². The molecule has 0 bridgehead atoms. The van der Waals surface area contributed by atoms with Crippen molar-refractivity contribution < 1.29 is 34.4 Å². The fourth-order valence-corrected chi connectivity index (χ4v) is 5.06. The zero-order valence-corrected chi connectivity index (χ0v) is 20.8. The van der Waals surface area contributed by atoms with Gasteiger partial charge in [0.1, 0.15) is 29.1 Å². The third-order valence-electron chi connectivity index (χ3n) is 7.30. The molecule has 2 aromatic rings. The minimum atomic E-state index is -1.76. The van der Waals surface area contributed by atoms with Gasteiger partial charge in [0, 0.05) is 17.7 Å². The van der Waals surface area contributed by atoms with Gasteiger partial charge in [0.2, 0.25) is 0 Å². The molecular weight excluding hydrogens is 466 g/mol. The number of phenolic OH excluding ortho intramolecular Hbond substituents is 1. The second-order valence-electron chi connectivity index (χ2n) is 9.51. The number of aryl methyl sites for hydroxylation is 1. The predicted molar refractivity (Wildman–Crippen MR) is 133 cm³/mol. The standard InChI is InChI=1S/C18H24N2O6.C8H9NO/c1-4-18-12(19-15(23)20-18)8-17(25,16(18,3)24)9-26-14(22)13-10(2)6-5-7-11(13)21;1-6(10)7-3-2-4-8(9)5-7/h5-7,12,21,24-25H,4,8-9H2,1-3H3,(H2,19,20,23);2-5H,9H2,1H3/t12-,16-,17-,18-;/m0./s1. The number of aliphatic hydroxyl groups is 2. The average molecular weight is 500 g/mol. The molecule has 4 atom stereocenters. The summed E-state index contributed by atoms with van der Waals surface area (Å²) in [5.74, 6) is -0.951. The number of nitrogens with two attached hydrogens (primary N) is 1. The van der Waals surface area contributed by atoms with Gasteiger partial charge in [-0.05, 0) is 51.0 Å². The summed E-state index contributed by atoms with van der Waals surface area (Å²) >= 11 is 0. The molecule has 194 valence electrons. The topological polar surface area (TPSA) is 171 Å². The smallest absolute Gasteiger partial charge is 0.342 e. The summed E-state index contributed by atoms with van der Waals surface area (Å²) in [6, 6.07) is 10.7. The molecule has 1 saturated carbocycles. The first-order chi connectivity index (χ1) is 16.8.